The zero-order valence-electron chi connectivity index (χ0n) is 8.53. The lowest BCUT2D eigenvalue weighted by Gasteiger charge is -2.16. The van der Waals surface area contributed by atoms with Gasteiger partial charge in [-0.15, -0.1) is 0 Å². The van der Waals surface area contributed by atoms with Gasteiger partial charge in [0.05, 0.1) is 0 Å². The van der Waals surface area contributed by atoms with Gasteiger partial charge in [-0.3, -0.25) is 4.79 Å². The van der Waals surface area contributed by atoms with Crippen molar-refractivity contribution < 1.29 is 23.8 Å². The van der Waals surface area contributed by atoms with Gasteiger partial charge in [0.1, 0.15) is 6.61 Å². The molecule has 0 heterocycles. The number of ether oxygens (including phenoxy) is 3. The molecule has 0 fully saturated rings. The highest BCUT2D eigenvalue weighted by molar-refractivity contribution is 5.87. The molecule has 0 aromatic carbocycles. The fraction of sp³-hybridized carbons (Fsp3) is 0.556. The van der Waals surface area contributed by atoms with Crippen LogP contribution in [0.1, 0.15) is 13.8 Å². The first kappa shape index (κ1) is 12.6. The number of rotatable bonds is 5. The predicted octanol–water partition coefficient (Wildman–Crippen LogP) is 0.641. The lowest BCUT2D eigenvalue weighted by atomic mass is 10.4. The SMILES string of the molecule is C=C(C)C(=O)OC(COC)OC(C)=O. The molecule has 0 saturated heterocycles. The van der Waals surface area contributed by atoms with E-state index >= 15 is 0 Å². The van der Waals surface area contributed by atoms with Gasteiger partial charge < -0.3 is 14.2 Å². The highest BCUT2D eigenvalue weighted by atomic mass is 16.7. The number of hydrogen-bond donors (Lipinski definition) is 0. The summed E-state index contributed by atoms with van der Waals surface area (Å²) in [5, 5.41) is 0. The summed E-state index contributed by atoms with van der Waals surface area (Å²) in [7, 11) is 1.41. The molecule has 1 unspecified atom stereocenters. The second kappa shape index (κ2) is 6.15. The highest BCUT2D eigenvalue weighted by Crippen LogP contribution is 2.01. The molecule has 5 heteroatoms. The lowest BCUT2D eigenvalue weighted by Crippen LogP contribution is -2.28. The van der Waals surface area contributed by atoms with Crippen LogP contribution in [0.15, 0.2) is 12.2 Å². The molecule has 0 aromatic rings. The summed E-state index contributed by atoms with van der Waals surface area (Å²) >= 11 is 0. The minimum atomic E-state index is -1.01. The van der Waals surface area contributed by atoms with Crippen molar-refractivity contribution in [3.05, 3.63) is 12.2 Å². The number of esters is 2. The second-order valence-corrected chi connectivity index (χ2v) is 2.68. The molecule has 0 bridgehead atoms. The maximum atomic E-state index is 11.0. The monoisotopic (exact) mass is 202 g/mol. The van der Waals surface area contributed by atoms with E-state index in [1.54, 1.807) is 0 Å². The Morgan fingerprint density at radius 3 is 2.21 bits per heavy atom. The van der Waals surface area contributed by atoms with Gasteiger partial charge in [-0.25, -0.2) is 4.79 Å². The van der Waals surface area contributed by atoms with Gasteiger partial charge in [-0.2, -0.15) is 0 Å². The molecule has 14 heavy (non-hydrogen) atoms. The second-order valence-electron chi connectivity index (χ2n) is 2.68. The topological polar surface area (TPSA) is 61.8 Å². The van der Waals surface area contributed by atoms with Crippen molar-refractivity contribution in [2.45, 2.75) is 20.1 Å². The van der Waals surface area contributed by atoms with Crippen LogP contribution >= 0.6 is 0 Å². The molecule has 0 aromatic heterocycles. The molecule has 0 spiro atoms. The zero-order chi connectivity index (χ0) is 11.1. The fourth-order valence-electron chi connectivity index (χ4n) is 0.633. The Morgan fingerprint density at radius 2 is 1.86 bits per heavy atom. The van der Waals surface area contributed by atoms with Crippen LogP contribution in [0.3, 0.4) is 0 Å². The van der Waals surface area contributed by atoms with Crippen molar-refractivity contribution in [1.29, 1.82) is 0 Å². The molecule has 0 amide bonds. The Morgan fingerprint density at radius 1 is 1.29 bits per heavy atom. The minimum Gasteiger partial charge on any atom is -0.423 e. The molecular weight excluding hydrogens is 188 g/mol. The van der Waals surface area contributed by atoms with Crippen LogP contribution in [0.25, 0.3) is 0 Å². The molecular formula is C9H14O5. The Kier molecular flexibility index (Phi) is 5.55. The number of methoxy groups -OCH3 is 1. The van der Waals surface area contributed by atoms with Crippen molar-refractivity contribution in [1.82, 2.24) is 0 Å². The molecule has 5 nitrogen and oxygen atoms in total. The zero-order valence-corrected chi connectivity index (χ0v) is 8.53. The van der Waals surface area contributed by atoms with E-state index in [1.165, 1.54) is 21.0 Å². The van der Waals surface area contributed by atoms with Gasteiger partial charge in [0.2, 0.25) is 0 Å². The third-order valence-corrected chi connectivity index (χ3v) is 1.19. The average molecular weight is 202 g/mol. The molecule has 0 aliphatic carbocycles. The molecule has 80 valence electrons. The van der Waals surface area contributed by atoms with E-state index in [0.29, 0.717) is 0 Å². The highest BCUT2D eigenvalue weighted by Gasteiger charge is 2.17. The van der Waals surface area contributed by atoms with Gasteiger partial charge in [-0.05, 0) is 6.92 Å². The Hall–Kier alpha value is -1.36. The van der Waals surface area contributed by atoms with Crippen molar-refractivity contribution in [3.8, 4) is 0 Å². The first-order valence-corrected chi connectivity index (χ1v) is 4.00. The van der Waals surface area contributed by atoms with E-state index in [9.17, 15) is 9.59 Å². The first-order valence-electron chi connectivity index (χ1n) is 4.00. The van der Waals surface area contributed by atoms with Gasteiger partial charge in [-0.1, -0.05) is 6.58 Å². The van der Waals surface area contributed by atoms with E-state index in [0.717, 1.165) is 0 Å². The maximum absolute atomic E-state index is 11.0. The standard InChI is InChI=1S/C9H14O5/c1-6(2)9(11)14-8(5-12-4)13-7(3)10/h8H,1,5H2,2-4H3. The van der Waals surface area contributed by atoms with E-state index in [-0.39, 0.29) is 12.2 Å². The van der Waals surface area contributed by atoms with Crippen LogP contribution in [0, 0.1) is 0 Å². The summed E-state index contributed by atoms with van der Waals surface area (Å²) in [6.45, 7) is 6.11. The molecule has 0 aliphatic heterocycles. The average Bonchev–Trinajstić information content (AvgIpc) is 2.02. The number of carbonyl (C=O) groups excluding carboxylic acids is 2. The maximum Gasteiger partial charge on any atom is 0.336 e. The fourth-order valence-corrected chi connectivity index (χ4v) is 0.633. The summed E-state index contributed by atoms with van der Waals surface area (Å²) in [6, 6.07) is 0. The summed E-state index contributed by atoms with van der Waals surface area (Å²) < 4.78 is 14.1. The van der Waals surface area contributed by atoms with Crippen molar-refractivity contribution >= 4 is 11.9 Å². The van der Waals surface area contributed by atoms with Gasteiger partial charge in [0.25, 0.3) is 6.29 Å². The molecule has 0 saturated carbocycles. The third-order valence-electron chi connectivity index (χ3n) is 1.19. The van der Waals surface area contributed by atoms with Crippen molar-refractivity contribution in [2.75, 3.05) is 13.7 Å². The van der Waals surface area contributed by atoms with Crippen LogP contribution in [0.5, 0.6) is 0 Å². The van der Waals surface area contributed by atoms with Crippen LogP contribution < -0.4 is 0 Å². The van der Waals surface area contributed by atoms with Gasteiger partial charge in [0, 0.05) is 19.6 Å². The largest absolute Gasteiger partial charge is 0.423 e. The summed E-state index contributed by atoms with van der Waals surface area (Å²) in [4.78, 5) is 21.6. The molecule has 1 atom stereocenters. The lowest BCUT2D eigenvalue weighted by molar-refractivity contribution is -0.191. The van der Waals surface area contributed by atoms with Crippen molar-refractivity contribution in [2.24, 2.45) is 0 Å². The predicted molar refractivity (Wildman–Crippen MR) is 48.3 cm³/mol. The normalized spacial score (nSPS) is 11.6. The molecule has 0 radical (unpaired) electrons. The number of hydrogen-bond acceptors (Lipinski definition) is 5. The first-order chi connectivity index (χ1) is 6.47. The summed E-state index contributed by atoms with van der Waals surface area (Å²) in [5.74, 6) is -1.16. The molecule has 0 rings (SSSR count). The van der Waals surface area contributed by atoms with Crippen LogP contribution in [0.2, 0.25) is 0 Å². The quantitative estimate of drug-likeness (QED) is 0.372. The summed E-state index contributed by atoms with van der Waals surface area (Å²) in [6.07, 6.45) is -1.01. The van der Waals surface area contributed by atoms with E-state index in [1.807, 2.05) is 0 Å². The van der Waals surface area contributed by atoms with E-state index in [4.69, 9.17) is 9.47 Å². The van der Waals surface area contributed by atoms with E-state index in [2.05, 4.69) is 11.3 Å². The number of carbonyl (C=O) groups is 2. The Labute approximate surface area is 82.6 Å². The van der Waals surface area contributed by atoms with Crippen molar-refractivity contribution in [3.63, 3.8) is 0 Å². The Balaban J connectivity index is 4.14. The molecule has 0 aliphatic rings. The molecule has 0 N–H and O–H groups in total. The van der Waals surface area contributed by atoms with Gasteiger partial charge >= 0.3 is 11.9 Å². The van der Waals surface area contributed by atoms with Crippen LogP contribution in [-0.4, -0.2) is 31.9 Å². The summed E-state index contributed by atoms with van der Waals surface area (Å²) in [5.41, 5.74) is 0.234. The van der Waals surface area contributed by atoms with Crippen LogP contribution in [-0.2, 0) is 23.8 Å². The smallest absolute Gasteiger partial charge is 0.336 e. The minimum absolute atomic E-state index is 0.00139. The van der Waals surface area contributed by atoms with E-state index < -0.39 is 18.2 Å². The van der Waals surface area contributed by atoms with Crippen LogP contribution in [0.4, 0.5) is 0 Å². The third kappa shape index (κ3) is 5.31. The van der Waals surface area contributed by atoms with Gasteiger partial charge in [0.15, 0.2) is 0 Å². The Bertz CT molecular complexity index is 233.